The first-order valence-corrected chi connectivity index (χ1v) is 7.66. The smallest absolute Gasteiger partial charge is 0.276 e. The van der Waals surface area contributed by atoms with Crippen LogP contribution in [0.25, 0.3) is 0 Å². The van der Waals surface area contributed by atoms with Gasteiger partial charge in [0.1, 0.15) is 0 Å². The van der Waals surface area contributed by atoms with Crippen LogP contribution < -0.4 is 20.7 Å². The number of hydrazine groups is 2. The Morgan fingerprint density at radius 2 is 1.71 bits per heavy atom. The summed E-state index contributed by atoms with van der Waals surface area (Å²) in [4.78, 5) is 0. The summed E-state index contributed by atoms with van der Waals surface area (Å²) >= 11 is 0. The molecule has 6 nitrogen and oxygen atoms in total. The number of sulfonamides is 1. The molecule has 120 valence electrons. The Morgan fingerprint density at radius 1 is 1.14 bits per heavy atom. The van der Waals surface area contributed by atoms with Gasteiger partial charge >= 0.3 is 15.5 Å². The van der Waals surface area contributed by atoms with E-state index in [4.69, 9.17) is 0 Å². The van der Waals surface area contributed by atoms with Crippen molar-refractivity contribution in [3.8, 4) is 0 Å². The maximum atomic E-state index is 12.3. The molecule has 0 saturated heterocycles. The van der Waals surface area contributed by atoms with E-state index >= 15 is 0 Å². The highest BCUT2D eigenvalue weighted by Crippen LogP contribution is 2.26. The number of nitrogens with zero attached hydrogens (tertiary/aromatic N) is 1. The van der Waals surface area contributed by atoms with Crippen molar-refractivity contribution in [3.63, 3.8) is 0 Å². The van der Waals surface area contributed by atoms with E-state index in [9.17, 15) is 21.6 Å². The Labute approximate surface area is 121 Å². The van der Waals surface area contributed by atoms with Gasteiger partial charge in [-0.05, 0) is 18.2 Å². The van der Waals surface area contributed by atoms with E-state index in [0.717, 1.165) is 0 Å². The van der Waals surface area contributed by atoms with Crippen molar-refractivity contribution in [3.05, 3.63) is 24.3 Å². The fourth-order valence-electron chi connectivity index (χ4n) is 1.48. The third kappa shape index (κ3) is 4.76. The molecule has 21 heavy (non-hydrogen) atoms. The van der Waals surface area contributed by atoms with Gasteiger partial charge in [-0.2, -0.15) is 21.6 Å². The number of benzene rings is 1. The maximum Gasteiger partial charge on any atom is 0.516 e. The van der Waals surface area contributed by atoms with Crippen LogP contribution in [0.4, 0.5) is 24.5 Å². The van der Waals surface area contributed by atoms with Crippen molar-refractivity contribution in [1.82, 2.24) is 10.9 Å². The molecular weight excluding hydrogens is 309 g/mol. The lowest BCUT2D eigenvalue weighted by Gasteiger charge is -2.25. The van der Waals surface area contributed by atoms with E-state index < -0.39 is 15.5 Å². The second-order valence-corrected chi connectivity index (χ2v) is 5.63. The largest absolute Gasteiger partial charge is 0.516 e. The zero-order chi connectivity index (χ0) is 16.1. The van der Waals surface area contributed by atoms with Crippen molar-refractivity contribution in [2.24, 2.45) is 0 Å². The number of halogens is 3. The minimum atomic E-state index is -5.43. The van der Waals surface area contributed by atoms with Gasteiger partial charge in [-0.25, -0.2) is 16.0 Å². The van der Waals surface area contributed by atoms with Gasteiger partial charge in [-0.15, -0.1) is 0 Å². The van der Waals surface area contributed by atoms with Crippen LogP contribution in [-0.4, -0.2) is 27.0 Å². The molecule has 0 aliphatic rings. The Kier molecular flexibility index (Phi) is 5.81. The molecule has 0 bridgehead atoms. The van der Waals surface area contributed by atoms with Crippen LogP contribution in [0.3, 0.4) is 0 Å². The van der Waals surface area contributed by atoms with Crippen LogP contribution in [-0.2, 0) is 10.0 Å². The van der Waals surface area contributed by atoms with Crippen molar-refractivity contribution in [2.45, 2.75) is 19.4 Å². The lowest BCUT2D eigenvalue weighted by Crippen LogP contribution is -2.48. The molecule has 0 heterocycles. The molecule has 3 N–H and O–H groups in total. The molecule has 1 aromatic rings. The van der Waals surface area contributed by atoms with Crippen molar-refractivity contribution < 1.29 is 21.6 Å². The van der Waals surface area contributed by atoms with E-state index in [1.807, 2.05) is 13.8 Å². The van der Waals surface area contributed by atoms with Crippen LogP contribution in [0.2, 0.25) is 0 Å². The predicted molar refractivity (Wildman–Crippen MR) is 74.9 cm³/mol. The highest BCUT2D eigenvalue weighted by Gasteiger charge is 2.46. The van der Waals surface area contributed by atoms with E-state index in [2.05, 4.69) is 10.9 Å². The van der Waals surface area contributed by atoms with Gasteiger partial charge in [0.15, 0.2) is 0 Å². The average molecular weight is 326 g/mol. The Bertz CT molecular complexity index is 557. The third-order valence-electron chi connectivity index (χ3n) is 2.29. The Hall–Kier alpha value is -1.52. The highest BCUT2D eigenvalue weighted by molar-refractivity contribution is 7.93. The molecule has 0 atom stereocenters. The molecule has 1 aromatic carbocycles. The van der Waals surface area contributed by atoms with Crippen LogP contribution in [0.1, 0.15) is 13.8 Å². The van der Waals surface area contributed by atoms with E-state index in [0.29, 0.717) is 18.8 Å². The predicted octanol–water partition coefficient (Wildman–Crippen LogP) is 1.80. The first-order valence-electron chi connectivity index (χ1n) is 6.17. The summed E-state index contributed by atoms with van der Waals surface area (Å²) in [6.07, 6.45) is 0. The molecule has 0 amide bonds. The SMILES string of the molecule is CCNN(NCC)c1cccc(NS(=O)(=O)C(F)(F)F)c1. The number of hydrogen-bond acceptors (Lipinski definition) is 5. The molecule has 0 aliphatic heterocycles. The van der Waals surface area contributed by atoms with Crippen molar-refractivity contribution >= 4 is 21.4 Å². The zero-order valence-corrected chi connectivity index (χ0v) is 12.3. The van der Waals surface area contributed by atoms with Gasteiger partial charge in [0.25, 0.3) is 0 Å². The number of anilines is 2. The molecule has 0 unspecified atom stereocenters. The molecule has 10 heteroatoms. The van der Waals surface area contributed by atoms with Crippen LogP contribution in [0.5, 0.6) is 0 Å². The summed E-state index contributed by atoms with van der Waals surface area (Å²) < 4.78 is 60.7. The summed E-state index contributed by atoms with van der Waals surface area (Å²) in [5, 5.41) is 1.51. The number of alkyl halides is 3. The van der Waals surface area contributed by atoms with E-state index in [1.165, 1.54) is 28.0 Å². The lowest BCUT2D eigenvalue weighted by atomic mass is 10.3. The van der Waals surface area contributed by atoms with Crippen molar-refractivity contribution in [2.75, 3.05) is 22.9 Å². The van der Waals surface area contributed by atoms with E-state index in [-0.39, 0.29) is 5.69 Å². The number of rotatable bonds is 7. The van der Waals surface area contributed by atoms with Gasteiger partial charge in [0, 0.05) is 13.1 Å². The van der Waals surface area contributed by atoms with Gasteiger partial charge < -0.3 is 0 Å². The molecule has 0 aliphatic carbocycles. The normalized spacial score (nSPS) is 12.2. The molecular formula is C11H17F3N4O2S. The molecule has 0 fully saturated rings. The standard InChI is InChI=1S/C11H17F3N4O2S/c1-3-15-18(16-4-2)10-7-5-6-9(8-10)17-21(19,20)11(12,13)14/h5-8,15-17H,3-4H2,1-2H3. The molecule has 1 rings (SSSR count). The topological polar surface area (TPSA) is 73.5 Å². The first kappa shape index (κ1) is 17.5. The number of hydrogen-bond donors (Lipinski definition) is 3. The average Bonchev–Trinajstić information content (AvgIpc) is 2.37. The highest BCUT2D eigenvalue weighted by atomic mass is 32.2. The minimum Gasteiger partial charge on any atom is -0.276 e. The molecule has 0 radical (unpaired) electrons. The summed E-state index contributed by atoms with van der Waals surface area (Å²) in [5.41, 5.74) is 0.829. The number of nitrogens with one attached hydrogen (secondary N) is 3. The summed E-state index contributed by atoms with van der Waals surface area (Å²) in [7, 11) is -5.43. The van der Waals surface area contributed by atoms with Gasteiger partial charge in [0.2, 0.25) is 0 Å². The Balaban J connectivity index is 3.00. The fourth-order valence-corrected chi connectivity index (χ4v) is 2.03. The maximum absolute atomic E-state index is 12.3. The lowest BCUT2D eigenvalue weighted by molar-refractivity contribution is -0.0429. The summed E-state index contributed by atoms with van der Waals surface area (Å²) in [6.45, 7) is 4.85. The minimum absolute atomic E-state index is 0.175. The monoisotopic (exact) mass is 326 g/mol. The second-order valence-electron chi connectivity index (χ2n) is 3.96. The van der Waals surface area contributed by atoms with Crippen LogP contribution >= 0.6 is 0 Å². The molecule has 0 saturated carbocycles. The fraction of sp³-hybridized carbons (Fsp3) is 0.455. The Morgan fingerprint density at radius 3 is 2.19 bits per heavy atom. The second kappa shape index (κ2) is 6.96. The van der Waals surface area contributed by atoms with Gasteiger partial charge in [-0.3, -0.25) is 4.72 Å². The first-order chi connectivity index (χ1) is 9.71. The van der Waals surface area contributed by atoms with Crippen molar-refractivity contribution in [1.29, 1.82) is 0 Å². The molecule has 0 aromatic heterocycles. The summed E-state index contributed by atoms with van der Waals surface area (Å²) in [6, 6.07) is 5.60. The van der Waals surface area contributed by atoms with Gasteiger partial charge in [-0.1, -0.05) is 19.9 Å². The summed E-state index contributed by atoms with van der Waals surface area (Å²) in [5.74, 6) is 0. The van der Waals surface area contributed by atoms with Crippen LogP contribution in [0.15, 0.2) is 24.3 Å². The quantitative estimate of drug-likeness (QED) is 0.667. The van der Waals surface area contributed by atoms with Crippen LogP contribution in [0, 0.1) is 0 Å². The third-order valence-corrected chi connectivity index (χ3v) is 3.41. The zero-order valence-electron chi connectivity index (χ0n) is 11.5. The molecule has 0 spiro atoms. The van der Waals surface area contributed by atoms with Gasteiger partial charge in [0.05, 0.1) is 11.4 Å². The van der Waals surface area contributed by atoms with E-state index in [1.54, 1.807) is 6.07 Å².